The molecule has 0 aromatic carbocycles. The quantitative estimate of drug-likeness (QED) is 0.551. The van der Waals surface area contributed by atoms with Gasteiger partial charge in [0.25, 0.3) is 0 Å². The zero-order valence-electron chi connectivity index (χ0n) is 6.59. The number of hydrogen-bond donors (Lipinski definition) is 0. The van der Waals surface area contributed by atoms with Gasteiger partial charge in [-0.3, -0.25) is 4.99 Å². The minimum absolute atomic E-state index is 0.549. The predicted octanol–water partition coefficient (Wildman–Crippen LogP) is 2.56. The zero-order chi connectivity index (χ0) is 7.56. The highest BCUT2D eigenvalue weighted by Gasteiger charge is 2.07. The highest BCUT2D eigenvalue weighted by Crippen LogP contribution is 2.21. The van der Waals surface area contributed by atoms with E-state index in [9.17, 15) is 0 Å². The van der Waals surface area contributed by atoms with Crippen molar-refractivity contribution in [3.05, 3.63) is 23.9 Å². The minimum atomic E-state index is 0.549. The van der Waals surface area contributed by atoms with Gasteiger partial charge in [0.05, 0.1) is 0 Å². The van der Waals surface area contributed by atoms with E-state index in [0.29, 0.717) is 5.92 Å². The molecule has 0 amide bonds. The smallest absolute Gasteiger partial charge is 0.0302 e. The summed E-state index contributed by atoms with van der Waals surface area (Å²) in [5.41, 5.74) is 2.51. The Hall–Kier alpha value is -0.850. The van der Waals surface area contributed by atoms with Gasteiger partial charge in [-0.15, -0.1) is 0 Å². The van der Waals surface area contributed by atoms with Crippen LogP contribution in [0.4, 0.5) is 0 Å². The summed E-state index contributed by atoms with van der Waals surface area (Å²) in [7, 11) is 0. The van der Waals surface area contributed by atoms with Crippen molar-refractivity contribution in [1.82, 2.24) is 0 Å². The average molecular weight is 135 g/mol. The fraction of sp³-hybridized carbons (Fsp3) is 0.444. The van der Waals surface area contributed by atoms with Gasteiger partial charge < -0.3 is 0 Å². The molecule has 0 aromatic rings. The van der Waals surface area contributed by atoms with E-state index in [1.807, 2.05) is 12.4 Å². The van der Waals surface area contributed by atoms with E-state index in [2.05, 4.69) is 25.4 Å². The molecule has 10 heavy (non-hydrogen) atoms. The summed E-state index contributed by atoms with van der Waals surface area (Å²) in [6, 6.07) is 0. The van der Waals surface area contributed by atoms with E-state index in [1.54, 1.807) is 0 Å². The Kier molecular flexibility index (Phi) is 2.05. The topological polar surface area (TPSA) is 12.4 Å². The van der Waals surface area contributed by atoms with E-state index in [0.717, 1.165) is 6.42 Å². The van der Waals surface area contributed by atoms with E-state index in [1.165, 1.54) is 11.1 Å². The van der Waals surface area contributed by atoms with Crippen LogP contribution in [0.15, 0.2) is 28.9 Å². The average Bonchev–Trinajstić information content (AvgIpc) is 2.36. The molecule has 1 rings (SSSR count). The highest BCUT2D eigenvalue weighted by atomic mass is 14.7. The summed E-state index contributed by atoms with van der Waals surface area (Å²) in [6.07, 6.45) is 4.79. The molecular weight excluding hydrogens is 122 g/mol. The van der Waals surface area contributed by atoms with Crippen LogP contribution in [0.2, 0.25) is 0 Å². The first-order valence-corrected chi connectivity index (χ1v) is 3.61. The number of hydrogen-bond acceptors (Lipinski definition) is 1. The lowest BCUT2D eigenvalue weighted by molar-refractivity contribution is 0.779. The Morgan fingerprint density at radius 1 is 1.70 bits per heavy atom. The van der Waals surface area contributed by atoms with Crippen LogP contribution in [0.3, 0.4) is 0 Å². The molecule has 0 radical (unpaired) electrons. The molecule has 0 spiro atoms. The second-order valence-electron chi connectivity index (χ2n) is 2.87. The monoisotopic (exact) mass is 135 g/mol. The lowest BCUT2D eigenvalue weighted by atomic mass is 9.97. The summed E-state index contributed by atoms with van der Waals surface area (Å²) in [5.74, 6) is 0.549. The third kappa shape index (κ3) is 1.35. The summed E-state index contributed by atoms with van der Waals surface area (Å²) in [6.45, 7) is 8.30. The van der Waals surface area contributed by atoms with Crippen molar-refractivity contribution in [2.75, 3.05) is 0 Å². The van der Waals surface area contributed by atoms with E-state index in [-0.39, 0.29) is 0 Å². The van der Waals surface area contributed by atoms with Crippen molar-refractivity contribution in [1.29, 1.82) is 0 Å². The van der Waals surface area contributed by atoms with Crippen molar-refractivity contribution in [2.24, 2.45) is 10.9 Å². The number of aliphatic imine (C=N–C) groups is 1. The predicted molar refractivity (Wildman–Crippen MR) is 45.2 cm³/mol. The van der Waals surface area contributed by atoms with Gasteiger partial charge in [0.15, 0.2) is 0 Å². The molecule has 1 heteroatoms. The molecule has 1 aliphatic rings. The molecular formula is C9H13N. The highest BCUT2D eigenvalue weighted by molar-refractivity contribution is 5.68. The van der Waals surface area contributed by atoms with E-state index < -0.39 is 0 Å². The summed E-state index contributed by atoms with van der Waals surface area (Å²) >= 11 is 0. The maximum absolute atomic E-state index is 4.02. The molecule has 0 atom stereocenters. The van der Waals surface area contributed by atoms with Crippen molar-refractivity contribution in [2.45, 2.75) is 20.3 Å². The molecule has 1 nitrogen and oxygen atoms in total. The molecule has 0 fully saturated rings. The van der Waals surface area contributed by atoms with Crippen LogP contribution >= 0.6 is 0 Å². The van der Waals surface area contributed by atoms with Crippen molar-refractivity contribution in [3.63, 3.8) is 0 Å². The van der Waals surface area contributed by atoms with Crippen molar-refractivity contribution in [3.8, 4) is 0 Å². The van der Waals surface area contributed by atoms with Gasteiger partial charge in [-0.2, -0.15) is 0 Å². The normalized spacial score (nSPS) is 16.1. The Morgan fingerprint density at radius 3 is 2.80 bits per heavy atom. The van der Waals surface area contributed by atoms with E-state index in [4.69, 9.17) is 0 Å². The van der Waals surface area contributed by atoms with Gasteiger partial charge in [-0.05, 0) is 17.1 Å². The molecule has 0 bridgehead atoms. The van der Waals surface area contributed by atoms with Gasteiger partial charge in [-0.25, -0.2) is 0 Å². The van der Waals surface area contributed by atoms with Gasteiger partial charge >= 0.3 is 0 Å². The van der Waals surface area contributed by atoms with Crippen LogP contribution in [0.25, 0.3) is 0 Å². The maximum atomic E-state index is 4.02. The molecule has 0 aliphatic carbocycles. The zero-order valence-corrected chi connectivity index (χ0v) is 6.59. The fourth-order valence-electron chi connectivity index (χ4n) is 0.931. The lowest BCUT2D eigenvalue weighted by Crippen LogP contribution is -1.94. The van der Waals surface area contributed by atoms with Gasteiger partial charge in [-0.1, -0.05) is 20.4 Å². The largest absolute Gasteiger partial charge is 0.268 e. The number of allylic oxidation sites excluding steroid dienone is 2. The van der Waals surface area contributed by atoms with Gasteiger partial charge in [0.1, 0.15) is 0 Å². The van der Waals surface area contributed by atoms with Gasteiger partial charge in [0, 0.05) is 18.8 Å². The van der Waals surface area contributed by atoms with Crippen molar-refractivity contribution < 1.29 is 0 Å². The molecule has 0 unspecified atom stereocenters. The Morgan fingerprint density at radius 2 is 2.40 bits per heavy atom. The van der Waals surface area contributed by atoms with E-state index >= 15 is 0 Å². The van der Waals surface area contributed by atoms with Crippen LogP contribution in [0.1, 0.15) is 20.3 Å². The fourth-order valence-corrected chi connectivity index (χ4v) is 0.931. The standard InChI is InChI=1S/C9H13N/c1-7(2)8(3)9-4-5-10-6-9/h5-7H,3-4H2,1-2H3. The minimum Gasteiger partial charge on any atom is -0.268 e. The van der Waals surface area contributed by atoms with Gasteiger partial charge in [0.2, 0.25) is 0 Å². The Labute approximate surface area is 62.2 Å². The third-order valence-corrected chi connectivity index (χ3v) is 1.76. The third-order valence-electron chi connectivity index (χ3n) is 1.76. The first-order valence-electron chi connectivity index (χ1n) is 3.61. The number of rotatable bonds is 2. The molecule has 0 N–H and O–H groups in total. The van der Waals surface area contributed by atoms with Crippen LogP contribution in [0.5, 0.6) is 0 Å². The summed E-state index contributed by atoms with van der Waals surface area (Å²) in [5, 5.41) is 0. The van der Waals surface area contributed by atoms with Crippen molar-refractivity contribution >= 4 is 6.21 Å². The Balaban J connectivity index is 2.59. The molecule has 0 aromatic heterocycles. The second kappa shape index (κ2) is 2.82. The first kappa shape index (κ1) is 7.26. The lowest BCUT2D eigenvalue weighted by Gasteiger charge is -2.08. The molecule has 1 heterocycles. The molecule has 54 valence electrons. The van der Waals surface area contributed by atoms with Crippen LogP contribution in [0, 0.1) is 5.92 Å². The second-order valence-corrected chi connectivity index (χ2v) is 2.87. The first-order chi connectivity index (χ1) is 4.72. The van der Waals surface area contributed by atoms with Crippen LogP contribution in [-0.4, -0.2) is 6.21 Å². The summed E-state index contributed by atoms with van der Waals surface area (Å²) < 4.78 is 0. The number of nitrogens with zero attached hydrogens (tertiary/aromatic N) is 1. The van der Waals surface area contributed by atoms with Crippen LogP contribution in [-0.2, 0) is 0 Å². The Bertz CT molecular complexity index is 197. The maximum Gasteiger partial charge on any atom is 0.0302 e. The van der Waals surface area contributed by atoms with Crippen LogP contribution < -0.4 is 0 Å². The molecule has 1 aliphatic heterocycles. The summed E-state index contributed by atoms with van der Waals surface area (Å²) in [4.78, 5) is 4.02. The SMILES string of the molecule is C=C(C1=CN=CC1)C(C)C. The molecule has 0 saturated carbocycles. The molecule has 0 saturated heterocycles.